The van der Waals surface area contributed by atoms with Crippen LogP contribution in [0.5, 0.6) is 0 Å². The van der Waals surface area contributed by atoms with E-state index >= 15 is 0 Å². The molecule has 13 heteroatoms. The van der Waals surface area contributed by atoms with Crippen LogP contribution < -0.4 is 25.5 Å². The maximum atomic E-state index is 8.93. The average Bonchev–Trinajstić information content (AvgIpc) is 2.09. The Bertz CT molecular complexity index is 44.5. The van der Waals surface area contributed by atoms with E-state index < -0.39 is 0 Å². The third kappa shape index (κ3) is 5810. The molecule has 0 radical (unpaired) electrons. The molecule has 0 fully saturated rings. The van der Waals surface area contributed by atoms with Crippen LogP contribution in [-0.4, -0.2) is 33.0 Å². The van der Waals surface area contributed by atoms with Crippen LogP contribution in [0.2, 0.25) is 0 Å². The second-order valence-corrected chi connectivity index (χ2v) is 1.44. The number of hydrogen-bond acceptors (Lipinski definition) is 5. The van der Waals surface area contributed by atoms with Crippen LogP contribution in [0.25, 0.3) is 0 Å². The molecule has 0 aromatic rings. The summed E-state index contributed by atoms with van der Waals surface area (Å²) in [7, 11) is 0. The second-order valence-electron chi connectivity index (χ2n) is 1.44. The summed E-state index contributed by atoms with van der Waals surface area (Å²) < 4.78 is 0. The van der Waals surface area contributed by atoms with Crippen molar-refractivity contribution in [3.8, 4) is 0 Å². The van der Waals surface area contributed by atoms with Gasteiger partial charge in [0.25, 0.3) is 0 Å². The van der Waals surface area contributed by atoms with Crippen LogP contribution in [-0.2, 0) is 83.0 Å². The van der Waals surface area contributed by atoms with Crippen molar-refractivity contribution >= 4 is 0 Å². The van der Waals surface area contributed by atoms with E-state index in [2.05, 4.69) is 0 Å². The topological polar surface area (TPSA) is 258 Å². The quantitative estimate of drug-likeness (QED) is 0.353. The van der Waals surface area contributed by atoms with Crippen LogP contribution in [0.15, 0.2) is 0 Å². The summed E-state index contributed by atoms with van der Waals surface area (Å²) in [5.74, 6) is 0. The molecule has 0 saturated heterocycles. The summed E-state index contributed by atoms with van der Waals surface area (Å²) in [5.41, 5.74) is 0. The molecule has 0 spiro atoms. The summed E-state index contributed by atoms with van der Waals surface area (Å²) in [4.78, 5) is 0. The minimum atomic E-state index is 0. The van der Waals surface area contributed by atoms with Crippen molar-refractivity contribution in [2.45, 2.75) is 34.6 Å². The summed E-state index contributed by atoms with van der Waals surface area (Å²) >= 11 is 0. The van der Waals surface area contributed by atoms with E-state index in [-0.39, 0.29) is 116 Å². The van der Waals surface area contributed by atoms with Gasteiger partial charge in [0.2, 0.25) is 0 Å². The van der Waals surface area contributed by atoms with E-state index in [4.69, 9.17) is 25.5 Å². The first-order chi connectivity index (χ1) is 7.07. The van der Waals surface area contributed by atoms with Gasteiger partial charge in [-0.2, -0.15) is 0 Å². The Kier molecular flexibility index (Phi) is 1300. The summed E-state index contributed by atoms with van der Waals surface area (Å²) in [6, 6.07) is 0. The molecule has 0 amide bonds. The van der Waals surface area contributed by atoms with Gasteiger partial charge in [-0.3, -0.25) is 0 Å². The van der Waals surface area contributed by atoms with Crippen LogP contribution in [0.3, 0.4) is 0 Å². The van der Waals surface area contributed by atoms with Gasteiger partial charge in [-0.1, -0.05) is 34.6 Å². The monoisotopic (exact) mass is 458 g/mol. The Morgan fingerprint density at radius 1 is 0.348 bits per heavy atom. The van der Waals surface area contributed by atoms with E-state index in [9.17, 15) is 0 Å². The van der Waals surface area contributed by atoms with E-state index in [1.807, 2.05) is 0 Å². The first kappa shape index (κ1) is 103. The molecule has 0 aliphatic heterocycles. The smallest absolute Gasteiger partial charge is 2.00 e. The molecule has 0 aromatic heterocycles. The molecule has 0 unspecified atom stereocenters. The van der Waals surface area contributed by atoms with Crippen molar-refractivity contribution in [1.29, 1.82) is 0 Å². The van der Waals surface area contributed by atoms with Gasteiger partial charge in [0.15, 0.2) is 0 Å². The Morgan fingerprint density at radius 2 is 0.348 bits per heavy atom. The average molecular weight is 458 g/mol. The van der Waals surface area contributed by atoms with Gasteiger partial charge in [-0.05, 0) is 0 Å². The van der Waals surface area contributed by atoms with Gasteiger partial charge in [-0.25, -0.2) is 0 Å². The Labute approximate surface area is 175 Å². The zero-order valence-electron chi connectivity index (χ0n) is 14.0. The molecule has 0 heterocycles. The molecule has 10 nitrogen and oxygen atoms in total. The Morgan fingerprint density at radius 3 is 0.348 bits per heavy atom. The molecule has 0 aliphatic carbocycles. The number of rotatable bonds is 0. The van der Waals surface area contributed by atoms with Gasteiger partial charge in [0, 0.05) is 0 Å². The Balaban J connectivity index is -0.00000000455. The van der Waals surface area contributed by atoms with Crippen molar-refractivity contribution in [3.63, 3.8) is 0 Å². The first-order valence-corrected chi connectivity index (χ1v) is 4.98. The van der Waals surface area contributed by atoms with E-state index in [1.54, 1.807) is 34.6 Å². The molecule has 0 saturated carbocycles. The predicted octanol–water partition coefficient (Wildman–Crippen LogP) is -3.77. The third-order valence-electron chi connectivity index (χ3n) is 0. The molecule has 23 heavy (non-hydrogen) atoms. The molecule has 140 valence electrons. The zero-order valence-corrected chi connectivity index (χ0v) is 18.1. The van der Waals surface area contributed by atoms with E-state index in [0.29, 0.717) is 0 Å². The summed E-state index contributed by atoms with van der Waals surface area (Å²) in [5, 5.41) is 44.7. The van der Waals surface area contributed by atoms with Crippen molar-refractivity contribution in [1.82, 2.24) is 0 Å². The number of hydrogen-bond donors (Lipinski definition) is 0. The summed E-state index contributed by atoms with van der Waals surface area (Å²) in [6.07, 6.45) is 0. The van der Waals surface area contributed by atoms with Gasteiger partial charge in [0.05, 0.1) is 0 Å². The van der Waals surface area contributed by atoms with Crippen LogP contribution in [0.1, 0.15) is 34.6 Å². The van der Waals surface area contributed by atoms with Crippen molar-refractivity contribution in [2.75, 3.05) is 33.0 Å². The van der Waals surface area contributed by atoms with E-state index in [0.717, 1.165) is 0 Å². The largest absolute Gasteiger partial charge is 5.00 e. The zero-order chi connectivity index (χ0) is 13.5. The molecule has 0 bridgehead atoms. The Hall–Kier alpha value is 1.35. The summed E-state index contributed by atoms with van der Waals surface area (Å²) in [6.45, 7) is 7.85. The molecular formula is C10H25O10V3. The fourth-order valence-corrected chi connectivity index (χ4v) is 0. The molecule has 0 N–H and O–H groups in total. The maximum Gasteiger partial charge on any atom is 5.00 e. The standard InChI is InChI=1S/5C2H5O.5O.3V/c5*1-2-3;;;;;;;;/h5*2H2,1H3;;;;;;;;/q5*-1;5*-2;3*+5. The molecule has 0 atom stereocenters. The molecule has 0 rings (SSSR count). The van der Waals surface area contributed by atoms with Crippen molar-refractivity contribution < 1.29 is 109 Å². The minimum Gasteiger partial charge on any atom is -2.00 e. The SMILES string of the molecule is CC[O-].CC[O-].CC[O-].CC[O-].CC[O-].[O-2].[O-2].[O-2].[O-2].[O-2].[V+5].[V+5].[V+5]. The molecule has 0 aliphatic rings. The van der Waals surface area contributed by atoms with Crippen molar-refractivity contribution in [3.05, 3.63) is 0 Å². The van der Waals surface area contributed by atoms with Crippen LogP contribution in [0.4, 0.5) is 0 Å². The second kappa shape index (κ2) is 289. The predicted molar refractivity (Wildman–Crippen MR) is 56.1 cm³/mol. The third-order valence-corrected chi connectivity index (χ3v) is 0. The van der Waals surface area contributed by atoms with Crippen LogP contribution in [0, 0.1) is 0 Å². The first-order valence-electron chi connectivity index (χ1n) is 4.98. The maximum absolute atomic E-state index is 8.93. The van der Waals surface area contributed by atoms with Gasteiger partial charge in [-0.15, -0.1) is 33.0 Å². The fraction of sp³-hybridized carbons (Fsp3) is 1.00. The molecule has 0 aromatic carbocycles. The van der Waals surface area contributed by atoms with Gasteiger partial charge in [0.1, 0.15) is 0 Å². The fourth-order valence-electron chi connectivity index (χ4n) is 0. The normalized spacial score (nSPS) is 3.91. The van der Waals surface area contributed by atoms with Crippen molar-refractivity contribution in [2.24, 2.45) is 0 Å². The molecular weight excluding hydrogens is 433 g/mol. The minimum absolute atomic E-state index is 0. The van der Waals surface area contributed by atoms with E-state index in [1.165, 1.54) is 0 Å². The van der Waals surface area contributed by atoms with Gasteiger partial charge >= 0.3 is 55.7 Å². The van der Waals surface area contributed by atoms with Gasteiger partial charge < -0.3 is 52.9 Å². The van der Waals surface area contributed by atoms with Crippen LogP contribution >= 0.6 is 0 Å².